The Kier molecular flexibility index (Phi) is 3.75. The smallest absolute Gasteiger partial charge is 0.251 e. The molecule has 3 aromatic rings. The summed E-state index contributed by atoms with van der Waals surface area (Å²) in [5.74, 6) is 0.919. The first-order valence-electron chi connectivity index (χ1n) is 6.25. The van der Waals surface area contributed by atoms with Crippen LogP contribution in [0.3, 0.4) is 0 Å². The lowest BCUT2D eigenvalue weighted by atomic mass is 10.2. The summed E-state index contributed by atoms with van der Waals surface area (Å²) in [4.78, 5) is 11.9. The molecule has 0 radical (unpaired) electrons. The Morgan fingerprint density at radius 3 is 2.71 bits per heavy atom. The van der Waals surface area contributed by atoms with E-state index in [1.807, 2.05) is 0 Å². The first kappa shape index (κ1) is 13.5. The first-order valence-corrected chi connectivity index (χ1v) is 6.63. The van der Waals surface area contributed by atoms with Crippen LogP contribution in [-0.2, 0) is 6.54 Å². The van der Waals surface area contributed by atoms with Gasteiger partial charge in [-0.3, -0.25) is 4.79 Å². The van der Waals surface area contributed by atoms with Crippen LogP contribution in [0.1, 0.15) is 16.1 Å². The van der Waals surface area contributed by atoms with Gasteiger partial charge in [0.15, 0.2) is 5.76 Å². The number of furan rings is 1. The molecule has 6 heteroatoms. The molecule has 0 unspecified atom stereocenters. The lowest BCUT2D eigenvalue weighted by molar-refractivity contribution is 0.0950. The van der Waals surface area contributed by atoms with Crippen LogP contribution in [0.25, 0.3) is 11.5 Å². The quantitative estimate of drug-likeness (QED) is 0.800. The van der Waals surface area contributed by atoms with Crippen LogP contribution in [0.5, 0.6) is 0 Å². The number of carbonyl (C=O) groups excluding carboxylic acids is 1. The Hall–Kier alpha value is -2.53. The zero-order chi connectivity index (χ0) is 14.7. The Labute approximate surface area is 125 Å². The number of aromatic nitrogens is 1. The fourth-order valence-corrected chi connectivity index (χ4v) is 1.93. The average molecular weight is 303 g/mol. The maximum absolute atomic E-state index is 11.9. The molecule has 0 saturated heterocycles. The average Bonchev–Trinajstić information content (AvgIpc) is 3.16. The summed E-state index contributed by atoms with van der Waals surface area (Å²) < 4.78 is 10.4. The Morgan fingerprint density at radius 1 is 1.19 bits per heavy atom. The minimum absolute atomic E-state index is 0.200. The first-order chi connectivity index (χ1) is 10.2. The van der Waals surface area contributed by atoms with Gasteiger partial charge in [0, 0.05) is 16.7 Å². The molecular weight excluding hydrogens is 292 g/mol. The van der Waals surface area contributed by atoms with Crippen molar-refractivity contribution in [2.45, 2.75) is 6.54 Å². The molecule has 5 nitrogen and oxygen atoms in total. The van der Waals surface area contributed by atoms with Crippen molar-refractivity contribution in [3.8, 4) is 11.5 Å². The number of halogens is 1. The van der Waals surface area contributed by atoms with Gasteiger partial charge in [-0.25, -0.2) is 0 Å². The lowest BCUT2D eigenvalue weighted by Crippen LogP contribution is -2.22. The van der Waals surface area contributed by atoms with E-state index >= 15 is 0 Å². The third-order valence-corrected chi connectivity index (χ3v) is 3.11. The number of amides is 1. The number of hydrogen-bond donors (Lipinski definition) is 1. The molecule has 0 fully saturated rings. The molecule has 0 atom stereocenters. The normalized spacial score (nSPS) is 10.5. The van der Waals surface area contributed by atoms with Crippen LogP contribution in [0, 0.1) is 0 Å². The molecule has 0 aliphatic carbocycles. The van der Waals surface area contributed by atoms with Crippen LogP contribution in [0.15, 0.2) is 57.7 Å². The van der Waals surface area contributed by atoms with Gasteiger partial charge in [-0.2, -0.15) is 0 Å². The molecule has 1 N–H and O–H groups in total. The van der Waals surface area contributed by atoms with Gasteiger partial charge in [-0.15, -0.1) is 0 Å². The van der Waals surface area contributed by atoms with Gasteiger partial charge in [0.2, 0.25) is 5.76 Å². The molecule has 2 aromatic heterocycles. The Bertz CT molecular complexity index is 733. The van der Waals surface area contributed by atoms with Crippen LogP contribution in [0.4, 0.5) is 0 Å². The van der Waals surface area contributed by atoms with Crippen molar-refractivity contribution in [3.63, 3.8) is 0 Å². The van der Waals surface area contributed by atoms with Crippen molar-refractivity contribution in [3.05, 3.63) is 65.0 Å². The largest absolute Gasteiger partial charge is 0.461 e. The monoisotopic (exact) mass is 302 g/mol. The molecule has 0 bridgehead atoms. The van der Waals surface area contributed by atoms with Gasteiger partial charge in [-0.1, -0.05) is 16.8 Å². The molecule has 2 heterocycles. The van der Waals surface area contributed by atoms with Gasteiger partial charge < -0.3 is 14.3 Å². The summed E-state index contributed by atoms with van der Waals surface area (Å²) in [6, 6.07) is 11.9. The van der Waals surface area contributed by atoms with Crippen LogP contribution >= 0.6 is 11.6 Å². The molecule has 0 aliphatic rings. The van der Waals surface area contributed by atoms with Crippen LogP contribution < -0.4 is 5.32 Å². The van der Waals surface area contributed by atoms with E-state index in [1.54, 1.807) is 48.7 Å². The van der Waals surface area contributed by atoms with Crippen molar-refractivity contribution < 1.29 is 13.7 Å². The van der Waals surface area contributed by atoms with E-state index in [1.165, 1.54) is 0 Å². The number of carbonyl (C=O) groups is 1. The van der Waals surface area contributed by atoms with E-state index in [0.29, 0.717) is 27.8 Å². The molecule has 1 amide bonds. The van der Waals surface area contributed by atoms with E-state index in [4.69, 9.17) is 20.5 Å². The highest BCUT2D eigenvalue weighted by atomic mass is 35.5. The summed E-state index contributed by atoms with van der Waals surface area (Å²) in [6.07, 6.45) is 1.56. The molecule has 1 aromatic carbocycles. The fraction of sp³-hybridized carbons (Fsp3) is 0.0667. The zero-order valence-electron chi connectivity index (χ0n) is 10.9. The van der Waals surface area contributed by atoms with Crippen molar-refractivity contribution in [2.24, 2.45) is 0 Å². The summed E-state index contributed by atoms with van der Waals surface area (Å²) in [5, 5.41) is 7.23. The highest BCUT2D eigenvalue weighted by Crippen LogP contribution is 2.20. The van der Waals surface area contributed by atoms with Gasteiger partial charge in [0.05, 0.1) is 12.8 Å². The predicted octanol–water partition coefficient (Wildman–Crippen LogP) is 3.52. The highest BCUT2D eigenvalue weighted by molar-refractivity contribution is 6.30. The second-order valence-corrected chi connectivity index (χ2v) is 4.79. The molecule has 106 valence electrons. The summed E-state index contributed by atoms with van der Waals surface area (Å²) in [5.41, 5.74) is 1.15. The van der Waals surface area contributed by atoms with Gasteiger partial charge in [0.25, 0.3) is 5.91 Å². The number of rotatable bonds is 4. The topological polar surface area (TPSA) is 68.3 Å². The third kappa shape index (κ3) is 3.14. The lowest BCUT2D eigenvalue weighted by Gasteiger charge is -2.02. The molecule has 0 spiro atoms. The maximum atomic E-state index is 11.9. The number of nitrogens with zero attached hydrogens (tertiary/aromatic N) is 1. The van der Waals surface area contributed by atoms with Crippen molar-refractivity contribution in [1.29, 1.82) is 0 Å². The molecule has 0 aliphatic heterocycles. The van der Waals surface area contributed by atoms with Gasteiger partial charge in [0.1, 0.15) is 5.69 Å². The minimum Gasteiger partial charge on any atom is -0.461 e. The summed E-state index contributed by atoms with van der Waals surface area (Å²) in [6.45, 7) is 0.270. The van der Waals surface area contributed by atoms with E-state index in [9.17, 15) is 4.79 Å². The van der Waals surface area contributed by atoms with Gasteiger partial charge in [-0.05, 0) is 36.4 Å². The zero-order valence-corrected chi connectivity index (χ0v) is 11.6. The minimum atomic E-state index is -0.200. The standard InChI is InChI=1S/C15H11ClN2O3/c16-11-5-3-10(4-6-11)15(19)17-9-12-8-14(21-18-12)13-2-1-7-20-13/h1-8H,9H2,(H,17,19). The summed E-state index contributed by atoms with van der Waals surface area (Å²) in [7, 11) is 0. The van der Waals surface area contributed by atoms with Crippen LogP contribution in [0.2, 0.25) is 5.02 Å². The van der Waals surface area contributed by atoms with E-state index in [-0.39, 0.29) is 12.5 Å². The maximum Gasteiger partial charge on any atom is 0.251 e. The number of nitrogens with one attached hydrogen (secondary N) is 1. The number of hydrogen-bond acceptors (Lipinski definition) is 4. The second-order valence-electron chi connectivity index (χ2n) is 4.35. The molecular formula is C15H11ClN2O3. The SMILES string of the molecule is O=C(NCc1cc(-c2ccco2)on1)c1ccc(Cl)cc1. The third-order valence-electron chi connectivity index (χ3n) is 2.86. The summed E-state index contributed by atoms with van der Waals surface area (Å²) >= 11 is 5.78. The van der Waals surface area contributed by atoms with Crippen LogP contribution in [-0.4, -0.2) is 11.1 Å². The predicted molar refractivity (Wildman–Crippen MR) is 76.8 cm³/mol. The van der Waals surface area contributed by atoms with Gasteiger partial charge >= 0.3 is 0 Å². The second kappa shape index (κ2) is 5.85. The highest BCUT2D eigenvalue weighted by Gasteiger charge is 2.10. The van der Waals surface area contributed by atoms with Crippen molar-refractivity contribution >= 4 is 17.5 Å². The molecule has 21 heavy (non-hydrogen) atoms. The fourth-order valence-electron chi connectivity index (χ4n) is 1.80. The van der Waals surface area contributed by atoms with E-state index in [2.05, 4.69) is 10.5 Å². The van der Waals surface area contributed by atoms with Crippen molar-refractivity contribution in [2.75, 3.05) is 0 Å². The molecule has 0 saturated carbocycles. The molecule has 3 rings (SSSR count). The van der Waals surface area contributed by atoms with E-state index < -0.39 is 0 Å². The number of benzene rings is 1. The Balaban J connectivity index is 1.62. The van der Waals surface area contributed by atoms with Crippen molar-refractivity contribution in [1.82, 2.24) is 10.5 Å². The van der Waals surface area contributed by atoms with E-state index in [0.717, 1.165) is 0 Å². The Morgan fingerprint density at radius 2 is 2.00 bits per heavy atom.